The Hall–Kier alpha value is -1.40. The van der Waals surface area contributed by atoms with Gasteiger partial charge in [0.15, 0.2) is 0 Å². The third kappa shape index (κ3) is 1.76. The number of nitrogens with two attached hydrogens (primary N) is 1. The maximum atomic E-state index is 8.45. The smallest absolute Gasteiger partial charge is 0.120 e. The summed E-state index contributed by atoms with van der Waals surface area (Å²) in [6.07, 6.45) is 1.63. The van der Waals surface area contributed by atoms with Crippen LogP contribution in [0.15, 0.2) is 18.3 Å². The normalized spacial score (nSPS) is 12.1. The second-order valence-corrected chi connectivity index (χ2v) is 2.34. The number of aryl methyl sites for hydroxylation is 1. The van der Waals surface area contributed by atoms with Gasteiger partial charge in [-0.05, 0) is 13.0 Å². The first-order valence-electron chi connectivity index (χ1n) is 3.32. The molecular formula is C8H9N3. The maximum Gasteiger partial charge on any atom is 0.120 e. The van der Waals surface area contributed by atoms with Crippen molar-refractivity contribution in [3.8, 4) is 6.07 Å². The summed E-state index contributed by atoms with van der Waals surface area (Å²) >= 11 is 0. The van der Waals surface area contributed by atoms with Crippen molar-refractivity contribution >= 4 is 0 Å². The van der Waals surface area contributed by atoms with Crippen molar-refractivity contribution < 1.29 is 0 Å². The molecule has 0 aliphatic rings. The molecule has 0 aromatic carbocycles. The lowest BCUT2D eigenvalue weighted by molar-refractivity contribution is 0.911. The Bertz CT molecular complexity index is 270. The van der Waals surface area contributed by atoms with Crippen LogP contribution < -0.4 is 5.73 Å². The molecule has 0 radical (unpaired) electrons. The highest BCUT2D eigenvalue weighted by molar-refractivity contribution is 5.21. The van der Waals surface area contributed by atoms with Crippen LogP contribution >= 0.6 is 0 Å². The predicted octanol–water partition coefficient (Wildman–Crippen LogP) is 0.913. The molecule has 1 heterocycles. The molecule has 0 bridgehead atoms. The van der Waals surface area contributed by atoms with E-state index in [9.17, 15) is 0 Å². The van der Waals surface area contributed by atoms with Gasteiger partial charge in [-0.15, -0.1) is 0 Å². The van der Waals surface area contributed by atoms with Gasteiger partial charge in [0.05, 0.1) is 6.07 Å². The minimum Gasteiger partial charge on any atom is -0.312 e. The molecular weight excluding hydrogens is 138 g/mol. The van der Waals surface area contributed by atoms with Gasteiger partial charge in [-0.25, -0.2) is 0 Å². The van der Waals surface area contributed by atoms with E-state index in [0.29, 0.717) is 0 Å². The fraction of sp³-hybridized carbons (Fsp3) is 0.250. The monoisotopic (exact) mass is 147 g/mol. The minimum absolute atomic E-state index is 0.553. The molecule has 1 unspecified atom stereocenters. The lowest BCUT2D eigenvalue weighted by atomic mass is 10.1. The number of nitriles is 1. The first-order chi connectivity index (χ1) is 5.24. The van der Waals surface area contributed by atoms with Gasteiger partial charge in [0.1, 0.15) is 6.04 Å². The molecule has 1 aromatic rings. The van der Waals surface area contributed by atoms with Crippen LogP contribution in [0.1, 0.15) is 17.3 Å². The molecule has 56 valence electrons. The molecule has 0 aliphatic heterocycles. The Morgan fingerprint density at radius 2 is 2.36 bits per heavy atom. The molecule has 0 amide bonds. The lowest BCUT2D eigenvalue weighted by Crippen LogP contribution is -2.07. The van der Waals surface area contributed by atoms with Gasteiger partial charge in [0, 0.05) is 17.5 Å². The van der Waals surface area contributed by atoms with Gasteiger partial charge in [-0.2, -0.15) is 5.26 Å². The van der Waals surface area contributed by atoms with Crippen molar-refractivity contribution in [2.45, 2.75) is 13.0 Å². The highest BCUT2D eigenvalue weighted by Gasteiger charge is 2.02. The molecule has 1 rings (SSSR count). The van der Waals surface area contributed by atoms with Crippen molar-refractivity contribution in [2.24, 2.45) is 5.73 Å². The zero-order chi connectivity index (χ0) is 8.27. The van der Waals surface area contributed by atoms with E-state index in [-0.39, 0.29) is 0 Å². The van der Waals surface area contributed by atoms with E-state index in [4.69, 9.17) is 11.0 Å². The van der Waals surface area contributed by atoms with E-state index < -0.39 is 6.04 Å². The highest BCUT2D eigenvalue weighted by Crippen LogP contribution is 2.06. The molecule has 2 N–H and O–H groups in total. The summed E-state index contributed by atoms with van der Waals surface area (Å²) in [5.41, 5.74) is 7.13. The maximum absolute atomic E-state index is 8.45. The van der Waals surface area contributed by atoms with Crippen LogP contribution in [0.3, 0.4) is 0 Å². The second kappa shape index (κ2) is 3.13. The van der Waals surface area contributed by atoms with Crippen LogP contribution in [0.5, 0.6) is 0 Å². The van der Waals surface area contributed by atoms with Gasteiger partial charge in [0.25, 0.3) is 0 Å². The number of hydrogen-bond acceptors (Lipinski definition) is 3. The van der Waals surface area contributed by atoms with Crippen molar-refractivity contribution in [3.63, 3.8) is 0 Å². The zero-order valence-electron chi connectivity index (χ0n) is 6.28. The fourth-order valence-corrected chi connectivity index (χ4v) is 0.738. The summed E-state index contributed by atoms with van der Waals surface area (Å²) in [7, 11) is 0. The van der Waals surface area contributed by atoms with E-state index in [0.717, 1.165) is 11.3 Å². The Balaban J connectivity index is 2.92. The lowest BCUT2D eigenvalue weighted by Gasteiger charge is -2.00. The topological polar surface area (TPSA) is 62.7 Å². The molecule has 1 aromatic heterocycles. The summed E-state index contributed by atoms with van der Waals surface area (Å²) in [5.74, 6) is 0. The molecule has 0 aliphatic carbocycles. The Morgan fingerprint density at radius 3 is 2.82 bits per heavy atom. The average molecular weight is 147 g/mol. The van der Waals surface area contributed by atoms with Crippen molar-refractivity contribution in [2.75, 3.05) is 0 Å². The quantitative estimate of drug-likeness (QED) is 0.642. The van der Waals surface area contributed by atoms with E-state index in [2.05, 4.69) is 4.98 Å². The average Bonchev–Trinajstić information content (AvgIpc) is 2.05. The van der Waals surface area contributed by atoms with Gasteiger partial charge in [-0.1, -0.05) is 6.07 Å². The summed E-state index contributed by atoms with van der Waals surface area (Å²) in [6.45, 7) is 1.89. The third-order valence-electron chi connectivity index (χ3n) is 1.43. The van der Waals surface area contributed by atoms with Gasteiger partial charge >= 0.3 is 0 Å². The third-order valence-corrected chi connectivity index (χ3v) is 1.43. The standard InChI is InChI=1S/C8H9N3/c1-6-2-3-7(5-11-6)8(10)4-9/h2-3,5,8H,10H2,1H3. The molecule has 0 spiro atoms. The Morgan fingerprint density at radius 1 is 1.64 bits per heavy atom. The van der Waals surface area contributed by atoms with E-state index in [1.165, 1.54) is 0 Å². The predicted molar refractivity (Wildman–Crippen MR) is 41.5 cm³/mol. The largest absolute Gasteiger partial charge is 0.312 e. The van der Waals surface area contributed by atoms with Crippen LogP contribution in [-0.2, 0) is 0 Å². The number of aromatic nitrogens is 1. The van der Waals surface area contributed by atoms with Crippen LogP contribution in [0.4, 0.5) is 0 Å². The van der Waals surface area contributed by atoms with Crippen LogP contribution in [-0.4, -0.2) is 4.98 Å². The Kier molecular flexibility index (Phi) is 2.19. The molecule has 11 heavy (non-hydrogen) atoms. The van der Waals surface area contributed by atoms with Crippen molar-refractivity contribution in [3.05, 3.63) is 29.6 Å². The van der Waals surface area contributed by atoms with Crippen LogP contribution in [0, 0.1) is 18.3 Å². The SMILES string of the molecule is Cc1ccc(C(N)C#N)cn1. The van der Waals surface area contributed by atoms with Crippen LogP contribution in [0.25, 0.3) is 0 Å². The first-order valence-corrected chi connectivity index (χ1v) is 3.32. The van der Waals surface area contributed by atoms with E-state index >= 15 is 0 Å². The molecule has 3 nitrogen and oxygen atoms in total. The fourth-order valence-electron chi connectivity index (χ4n) is 0.738. The number of nitrogens with zero attached hydrogens (tertiary/aromatic N) is 2. The molecule has 0 fully saturated rings. The first kappa shape index (κ1) is 7.70. The Labute approximate surface area is 65.5 Å². The summed E-state index contributed by atoms with van der Waals surface area (Å²) in [6, 6.07) is 5.04. The number of hydrogen-bond donors (Lipinski definition) is 1. The van der Waals surface area contributed by atoms with Crippen molar-refractivity contribution in [1.82, 2.24) is 4.98 Å². The van der Waals surface area contributed by atoms with E-state index in [1.54, 1.807) is 6.20 Å². The molecule has 3 heteroatoms. The minimum atomic E-state index is -0.553. The molecule has 1 atom stereocenters. The van der Waals surface area contributed by atoms with Crippen LogP contribution in [0.2, 0.25) is 0 Å². The van der Waals surface area contributed by atoms with Gasteiger partial charge < -0.3 is 5.73 Å². The summed E-state index contributed by atoms with van der Waals surface area (Å²) in [5, 5.41) is 8.45. The van der Waals surface area contributed by atoms with Gasteiger partial charge in [-0.3, -0.25) is 4.98 Å². The summed E-state index contributed by atoms with van der Waals surface area (Å²) in [4.78, 5) is 4.02. The summed E-state index contributed by atoms with van der Waals surface area (Å²) < 4.78 is 0. The molecule has 0 saturated carbocycles. The van der Waals surface area contributed by atoms with Crippen molar-refractivity contribution in [1.29, 1.82) is 5.26 Å². The number of rotatable bonds is 1. The van der Waals surface area contributed by atoms with Gasteiger partial charge in [0.2, 0.25) is 0 Å². The molecule has 0 saturated heterocycles. The zero-order valence-corrected chi connectivity index (χ0v) is 6.28. The second-order valence-electron chi connectivity index (χ2n) is 2.34. The number of pyridine rings is 1. The highest BCUT2D eigenvalue weighted by atomic mass is 14.7. The van der Waals surface area contributed by atoms with E-state index in [1.807, 2.05) is 25.1 Å².